The molecule has 3 rings (SSSR count). The van der Waals surface area contributed by atoms with Gasteiger partial charge in [0.15, 0.2) is 6.23 Å². The predicted octanol–water partition coefficient (Wildman–Crippen LogP) is -2.15. The number of aliphatic hydroxyl groups is 2. The fourth-order valence-corrected chi connectivity index (χ4v) is 2.37. The lowest BCUT2D eigenvalue weighted by molar-refractivity contribution is -0.187. The summed E-state index contributed by atoms with van der Waals surface area (Å²) in [5, 5.41) is 19.3. The van der Waals surface area contributed by atoms with Crippen molar-refractivity contribution in [3.8, 4) is 0 Å². The number of aliphatic hydroxyl groups excluding tert-OH is 2. The van der Waals surface area contributed by atoms with E-state index >= 15 is 0 Å². The molecular formula is C10H13N3O5. The van der Waals surface area contributed by atoms with Gasteiger partial charge in [0.1, 0.15) is 23.6 Å². The highest BCUT2D eigenvalue weighted by Crippen LogP contribution is 2.44. The number of nitrogens with zero attached hydrogens (tertiary/aromatic N) is 2. The topological polar surface area (TPSA) is 120 Å². The van der Waals surface area contributed by atoms with Gasteiger partial charge in [0.2, 0.25) is 0 Å². The maximum atomic E-state index is 11.7. The molecule has 2 aliphatic rings. The van der Waals surface area contributed by atoms with Crippen molar-refractivity contribution in [3.05, 3.63) is 22.7 Å². The minimum absolute atomic E-state index is 0.100. The van der Waals surface area contributed by atoms with Crippen molar-refractivity contribution in [2.75, 3.05) is 18.9 Å². The lowest BCUT2D eigenvalue weighted by atomic mass is 10.0. The summed E-state index contributed by atoms with van der Waals surface area (Å²) in [6.45, 7) is -0.276. The van der Waals surface area contributed by atoms with Crippen molar-refractivity contribution in [1.29, 1.82) is 0 Å². The van der Waals surface area contributed by atoms with Gasteiger partial charge in [-0.1, -0.05) is 0 Å². The molecule has 1 aromatic rings. The van der Waals surface area contributed by atoms with Crippen LogP contribution >= 0.6 is 0 Å². The molecule has 8 heteroatoms. The SMILES string of the molecule is Nc1ccn([C@@H]2OC3(CO)CO[C@@H]2[C@@H]3O)c(=O)n1. The molecule has 18 heavy (non-hydrogen) atoms. The van der Waals surface area contributed by atoms with Gasteiger partial charge in [-0.05, 0) is 6.07 Å². The van der Waals surface area contributed by atoms with Crippen molar-refractivity contribution < 1.29 is 19.7 Å². The zero-order chi connectivity index (χ0) is 12.9. The van der Waals surface area contributed by atoms with Crippen LogP contribution in [0.5, 0.6) is 0 Å². The summed E-state index contributed by atoms with van der Waals surface area (Å²) >= 11 is 0. The Labute approximate surface area is 102 Å². The lowest BCUT2D eigenvalue weighted by Crippen LogP contribution is -2.44. The lowest BCUT2D eigenvalue weighted by Gasteiger charge is -2.29. The first-order valence-corrected chi connectivity index (χ1v) is 5.50. The Kier molecular flexibility index (Phi) is 2.42. The molecule has 4 N–H and O–H groups in total. The molecule has 4 atom stereocenters. The second-order valence-corrected chi connectivity index (χ2v) is 4.49. The highest BCUT2D eigenvalue weighted by atomic mass is 16.7. The maximum Gasteiger partial charge on any atom is 0.351 e. The number of fused-ring (bicyclic) bond motifs is 2. The monoisotopic (exact) mass is 255 g/mol. The van der Waals surface area contributed by atoms with Gasteiger partial charge in [0.05, 0.1) is 13.2 Å². The largest absolute Gasteiger partial charge is 0.393 e. The third-order valence-corrected chi connectivity index (χ3v) is 3.40. The molecule has 98 valence electrons. The highest BCUT2D eigenvalue weighted by molar-refractivity contribution is 5.24. The molecule has 8 nitrogen and oxygen atoms in total. The number of aromatic nitrogens is 2. The molecule has 0 aromatic carbocycles. The standard InChI is InChI=1S/C10H13N3O5/c11-5-1-2-13(9(16)12-5)8-6-7(15)10(3-14,18-8)4-17-6/h1-2,6-8,14-15H,3-4H2,(H2,11,12,16)/t6-,7+,8-,10?/m1/s1. The summed E-state index contributed by atoms with van der Waals surface area (Å²) in [7, 11) is 0. The first-order valence-electron chi connectivity index (χ1n) is 5.50. The van der Waals surface area contributed by atoms with Crippen LogP contribution in [0.2, 0.25) is 0 Å². The molecule has 0 spiro atoms. The average molecular weight is 255 g/mol. The van der Waals surface area contributed by atoms with Crippen LogP contribution in [0, 0.1) is 0 Å². The van der Waals surface area contributed by atoms with Crippen molar-refractivity contribution in [3.63, 3.8) is 0 Å². The molecule has 0 amide bonds. The first-order chi connectivity index (χ1) is 8.57. The van der Waals surface area contributed by atoms with Gasteiger partial charge in [0, 0.05) is 6.20 Å². The summed E-state index contributed by atoms with van der Waals surface area (Å²) in [6.07, 6.45) is -1.05. The number of nitrogen functional groups attached to an aromatic ring is 1. The van der Waals surface area contributed by atoms with Gasteiger partial charge in [-0.3, -0.25) is 4.57 Å². The summed E-state index contributed by atoms with van der Waals surface area (Å²) in [5.74, 6) is 0.109. The second kappa shape index (κ2) is 3.75. The Morgan fingerprint density at radius 1 is 1.67 bits per heavy atom. The number of rotatable bonds is 2. The van der Waals surface area contributed by atoms with E-state index in [4.69, 9.17) is 15.2 Å². The van der Waals surface area contributed by atoms with Crippen molar-refractivity contribution in [2.45, 2.75) is 24.0 Å². The summed E-state index contributed by atoms with van der Waals surface area (Å²) in [6, 6.07) is 1.45. The fourth-order valence-electron chi connectivity index (χ4n) is 2.37. The summed E-state index contributed by atoms with van der Waals surface area (Å²) < 4.78 is 12.1. The fraction of sp³-hybridized carbons (Fsp3) is 0.600. The van der Waals surface area contributed by atoms with Crippen LogP contribution in [0.4, 0.5) is 5.82 Å². The smallest absolute Gasteiger partial charge is 0.351 e. The zero-order valence-corrected chi connectivity index (χ0v) is 9.39. The van der Waals surface area contributed by atoms with Crippen LogP contribution in [-0.4, -0.2) is 50.8 Å². The van der Waals surface area contributed by atoms with E-state index in [1.165, 1.54) is 16.8 Å². The predicted molar refractivity (Wildman–Crippen MR) is 58.6 cm³/mol. The van der Waals surface area contributed by atoms with Crippen molar-refractivity contribution in [1.82, 2.24) is 9.55 Å². The number of nitrogens with two attached hydrogens (primary N) is 1. The Balaban J connectivity index is 1.98. The molecule has 2 saturated heterocycles. The van der Waals surface area contributed by atoms with Crippen molar-refractivity contribution in [2.24, 2.45) is 0 Å². The minimum Gasteiger partial charge on any atom is -0.393 e. The molecule has 1 aromatic heterocycles. The molecule has 2 aliphatic heterocycles. The van der Waals surface area contributed by atoms with Crippen LogP contribution < -0.4 is 11.4 Å². The quantitative estimate of drug-likeness (QED) is 0.550. The summed E-state index contributed by atoms with van der Waals surface area (Å²) in [4.78, 5) is 15.3. The van der Waals surface area contributed by atoms with E-state index in [9.17, 15) is 15.0 Å². The van der Waals surface area contributed by atoms with E-state index in [0.29, 0.717) is 0 Å². The molecule has 3 heterocycles. The van der Waals surface area contributed by atoms with Gasteiger partial charge < -0.3 is 25.4 Å². The number of ether oxygens (including phenoxy) is 2. The Morgan fingerprint density at radius 2 is 2.44 bits per heavy atom. The summed E-state index contributed by atoms with van der Waals surface area (Å²) in [5.41, 5.74) is 3.65. The van der Waals surface area contributed by atoms with Crippen LogP contribution in [0.3, 0.4) is 0 Å². The van der Waals surface area contributed by atoms with Crippen LogP contribution in [0.15, 0.2) is 17.1 Å². The molecule has 0 radical (unpaired) electrons. The van der Waals surface area contributed by atoms with Crippen LogP contribution in [0.1, 0.15) is 6.23 Å². The minimum atomic E-state index is -1.16. The van der Waals surface area contributed by atoms with Crippen molar-refractivity contribution >= 4 is 5.82 Å². The Morgan fingerprint density at radius 3 is 3.06 bits per heavy atom. The number of hydrogen-bond acceptors (Lipinski definition) is 7. The molecule has 2 fully saturated rings. The Bertz CT molecular complexity index is 532. The van der Waals surface area contributed by atoms with Gasteiger partial charge >= 0.3 is 5.69 Å². The van der Waals surface area contributed by atoms with E-state index in [1.54, 1.807) is 0 Å². The Hall–Kier alpha value is -1.48. The van der Waals surface area contributed by atoms with Gasteiger partial charge in [-0.2, -0.15) is 4.98 Å². The van der Waals surface area contributed by atoms with E-state index in [-0.39, 0.29) is 19.0 Å². The molecular weight excluding hydrogens is 242 g/mol. The van der Waals surface area contributed by atoms with E-state index < -0.39 is 29.7 Å². The average Bonchev–Trinajstić information content (AvgIpc) is 2.81. The van der Waals surface area contributed by atoms with Crippen LogP contribution in [-0.2, 0) is 9.47 Å². The highest BCUT2D eigenvalue weighted by Gasteiger charge is 2.61. The van der Waals surface area contributed by atoms with E-state index in [0.717, 1.165) is 0 Å². The molecule has 2 bridgehead atoms. The van der Waals surface area contributed by atoms with Gasteiger partial charge in [-0.25, -0.2) is 4.79 Å². The maximum absolute atomic E-state index is 11.7. The van der Waals surface area contributed by atoms with E-state index in [2.05, 4.69) is 4.98 Å². The molecule has 0 saturated carbocycles. The molecule has 0 aliphatic carbocycles. The molecule has 1 unspecified atom stereocenters. The third kappa shape index (κ3) is 1.40. The van der Waals surface area contributed by atoms with E-state index in [1.807, 2.05) is 0 Å². The normalized spacial score (nSPS) is 38.2. The second-order valence-electron chi connectivity index (χ2n) is 4.49. The van der Waals surface area contributed by atoms with Crippen LogP contribution in [0.25, 0.3) is 0 Å². The van der Waals surface area contributed by atoms with Gasteiger partial charge in [0.25, 0.3) is 0 Å². The van der Waals surface area contributed by atoms with Gasteiger partial charge in [-0.15, -0.1) is 0 Å². The number of hydrogen-bond donors (Lipinski definition) is 3. The first kappa shape index (κ1) is 11.6. The third-order valence-electron chi connectivity index (χ3n) is 3.40. The zero-order valence-electron chi connectivity index (χ0n) is 9.39. The number of anilines is 1.